The largest absolute Gasteiger partial charge is 0.380 e. The van der Waals surface area contributed by atoms with Crippen LogP contribution in [0.2, 0.25) is 0 Å². The van der Waals surface area contributed by atoms with Gasteiger partial charge in [0, 0.05) is 22.9 Å². The van der Waals surface area contributed by atoms with Crippen LogP contribution < -0.4 is 5.32 Å². The normalized spacial score (nSPS) is 13.0. The predicted octanol–water partition coefficient (Wildman–Crippen LogP) is 3.85. The molecule has 2 aromatic rings. The summed E-state index contributed by atoms with van der Waals surface area (Å²) in [6.07, 6.45) is 3.61. The fraction of sp³-hybridized carbons (Fsp3) is 0.385. The molecule has 17 heavy (non-hydrogen) atoms. The highest BCUT2D eigenvalue weighted by atomic mass is 79.9. The number of nitrogens with one attached hydrogen (secondary N) is 1. The van der Waals surface area contributed by atoms with E-state index in [0.29, 0.717) is 12.0 Å². The molecule has 0 saturated heterocycles. The molecule has 0 radical (unpaired) electrons. The molecule has 3 nitrogen and oxygen atoms in total. The van der Waals surface area contributed by atoms with Crippen LogP contribution in [0.1, 0.15) is 20.8 Å². The van der Waals surface area contributed by atoms with Gasteiger partial charge in [-0.3, -0.25) is 9.97 Å². The Balaban J connectivity index is 2.41. The van der Waals surface area contributed by atoms with Crippen LogP contribution in [0.3, 0.4) is 0 Å². The Hall–Kier alpha value is -1.16. The third-order valence-corrected chi connectivity index (χ3v) is 3.36. The smallest absolute Gasteiger partial charge is 0.112 e. The van der Waals surface area contributed by atoms with Gasteiger partial charge in [0.15, 0.2) is 0 Å². The second kappa shape index (κ2) is 5.00. The van der Waals surface area contributed by atoms with Gasteiger partial charge < -0.3 is 5.32 Å². The topological polar surface area (TPSA) is 37.8 Å². The maximum Gasteiger partial charge on any atom is 0.112 e. The van der Waals surface area contributed by atoms with Crippen molar-refractivity contribution in [3.63, 3.8) is 0 Å². The molecule has 1 unspecified atom stereocenters. The third-order valence-electron chi connectivity index (χ3n) is 2.93. The van der Waals surface area contributed by atoms with Gasteiger partial charge in [-0.1, -0.05) is 13.8 Å². The van der Waals surface area contributed by atoms with E-state index in [2.05, 4.69) is 52.0 Å². The molecule has 1 atom stereocenters. The zero-order valence-electron chi connectivity index (χ0n) is 10.2. The maximum absolute atomic E-state index is 4.42. The van der Waals surface area contributed by atoms with E-state index in [1.54, 1.807) is 6.20 Å². The average molecular weight is 294 g/mol. The lowest BCUT2D eigenvalue weighted by Gasteiger charge is -2.19. The summed E-state index contributed by atoms with van der Waals surface area (Å²) >= 11 is 3.41. The van der Waals surface area contributed by atoms with Gasteiger partial charge in [0.2, 0.25) is 0 Å². The minimum absolute atomic E-state index is 0.408. The minimum atomic E-state index is 0.408. The highest BCUT2D eigenvalue weighted by molar-refractivity contribution is 9.10. The average Bonchev–Trinajstić information content (AvgIpc) is 2.28. The maximum atomic E-state index is 4.42. The fourth-order valence-electron chi connectivity index (χ4n) is 1.53. The second-order valence-corrected chi connectivity index (χ2v) is 5.47. The van der Waals surface area contributed by atoms with Crippen molar-refractivity contribution in [2.45, 2.75) is 26.8 Å². The van der Waals surface area contributed by atoms with Gasteiger partial charge >= 0.3 is 0 Å². The fourth-order valence-corrected chi connectivity index (χ4v) is 1.85. The molecule has 0 aliphatic carbocycles. The van der Waals surface area contributed by atoms with E-state index in [-0.39, 0.29) is 0 Å². The summed E-state index contributed by atoms with van der Waals surface area (Å²) in [5.74, 6) is 0.577. The Morgan fingerprint density at radius 2 is 2.00 bits per heavy atom. The van der Waals surface area contributed by atoms with Crippen molar-refractivity contribution < 1.29 is 0 Å². The van der Waals surface area contributed by atoms with E-state index in [1.807, 2.05) is 18.3 Å². The Labute approximate surface area is 110 Å². The van der Waals surface area contributed by atoms with Crippen LogP contribution >= 0.6 is 15.9 Å². The SMILES string of the molecule is CC(C)C(C)Nc1ccnc2cc(Br)cnc12. The molecule has 90 valence electrons. The molecule has 0 spiro atoms. The van der Waals surface area contributed by atoms with Crippen LogP contribution in [-0.2, 0) is 0 Å². The lowest BCUT2D eigenvalue weighted by molar-refractivity contribution is 0.560. The number of fused-ring (bicyclic) bond motifs is 1. The molecule has 0 bridgehead atoms. The van der Waals surface area contributed by atoms with Crippen molar-refractivity contribution in [1.82, 2.24) is 9.97 Å². The van der Waals surface area contributed by atoms with Crippen molar-refractivity contribution in [3.8, 4) is 0 Å². The first-order valence-corrected chi connectivity index (χ1v) is 6.54. The van der Waals surface area contributed by atoms with E-state index < -0.39 is 0 Å². The molecule has 0 aliphatic rings. The summed E-state index contributed by atoms with van der Waals surface area (Å²) < 4.78 is 0.951. The molecule has 2 aromatic heterocycles. The molecule has 1 N–H and O–H groups in total. The molecule has 0 amide bonds. The Kier molecular flexibility index (Phi) is 3.62. The number of aromatic nitrogens is 2. The summed E-state index contributed by atoms with van der Waals surface area (Å²) in [7, 11) is 0. The molecule has 2 heterocycles. The molecule has 4 heteroatoms. The van der Waals surface area contributed by atoms with E-state index in [9.17, 15) is 0 Å². The van der Waals surface area contributed by atoms with Crippen LogP contribution in [0.4, 0.5) is 5.69 Å². The number of rotatable bonds is 3. The van der Waals surface area contributed by atoms with Crippen molar-refractivity contribution in [2.75, 3.05) is 5.32 Å². The standard InChI is InChI=1S/C13H16BrN3/c1-8(2)9(3)17-11-4-5-15-12-6-10(14)7-16-13(11)12/h4-9H,1-3H3,(H,15,17). The van der Waals surface area contributed by atoms with Crippen molar-refractivity contribution >= 4 is 32.7 Å². The molecule has 2 rings (SSSR count). The van der Waals surface area contributed by atoms with Crippen LogP contribution in [0, 0.1) is 5.92 Å². The van der Waals surface area contributed by atoms with Crippen LogP contribution in [-0.4, -0.2) is 16.0 Å². The second-order valence-electron chi connectivity index (χ2n) is 4.56. The Morgan fingerprint density at radius 3 is 2.71 bits per heavy atom. The molecular formula is C13H16BrN3. The summed E-state index contributed by atoms with van der Waals surface area (Å²) in [4.78, 5) is 8.74. The summed E-state index contributed by atoms with van der Waals surface area (Å²) in [6.45, 7) is 6.58. The lowest BCUT2D eigenvalue weighted by atomic mass is 10.1. The lowest BCUT2D eigenvalue weighted by Crippen LogP contribution is -2.21. The first kappa shape index (κ1) is 12.3. The highest BCUT2D eigenvalue weighted by Gasteiger charge is 2.09. The zero-order chi connectivity index (χ0) is 12.4. The molecular weight excluding hydrogens is 278 g/mol. The molecule has 0 saturated carbocycles. The molecule has 0 aromatic carbocycles. The number of pyridine rings is 2. The Morgan fingerprint density at radius 1 is 1.24 bits per heavy atom. The van der Waals surface area contributed by atoms with Gasteiger partial charge in [0.1, 0.15) is 5.52 Å². The highest BCUT2D eigenvalue weighted by Crippen LogP contribution is 2.23. The number of anilines is 1. The van der Waals surface area contributed by atoms with Crippen LogP contribution in [0.15, 0.2) is 29.0 Å². The summed E-state index contributed by atoms with van der Waals surface area (Å²) in [6, 6.07) is 4.36. The van der Waals surface area contributed by atoms with Gasteiger partial charge in [0.05, 0.1) is 11.2 Å². The number of halogens is 1. The van der Waals surface area contributed by atoms with Gasteiger partial charge in [0.25, 0.3) is 0 Å². The number of hydrogen-bond acceptors (Lipinski definition) is 3. The minimum Gasteiger partial charge on any atom is -0.380 e. The van der Waals surface area contributed by atoms with E-state index in [0.717, 1.165) is 21.2 Å². The number of hydrogen-bond donors (Lipinski definition) is 1. The molecule has 0 aliphatic heterocycles. The summed E-state index contributed by atoms with van der Waals surface area (Å²) in [5.41, 5.74) is 2.87. The monoisotopic (exact) mass is 293 g/mol. The quantitative estimate of drug-likeness (QED) is 0.934. The van der Waals surface area contributed by atoms with Gasteiger partial charge in [-0.15, -0.1) is 0 Å². The van der Waals surface area contributed by atoms with E-state index in [1.165, 1.54) is 0 Å². The first-order chi connectivity index (χ1) is 8.08. The predicted molar refractivity (Wildman–Crippen MR) is 75.2 cm³/mol. The zero-order valence-corrected chi connectivity index (χ0v) is 11.8. The van der Waals surface area contributed by atoms with Crippen molar-refractivity contribution in [2.24, 2.45) is 5.92 Å². The Bertz CT molecular complexity index is 525. The van der Waals surface area contributed by atoms with Crippen molar-refractivity contribution in [3.05, 3.63) is 29.0 Å². The van der Waals surface area contributed by atoms with Crippen LogP contribution in [0.25, 0.3) is 11.0 Å². The van der Waals surface area contributed by atoms with E-state index in [4.69, 9.17) is 0 Å². The van der Waals surface area contributed by atoms with Crippen molar-refractivity contribution in [1.29, 1.82) is 0 Å². The number of nitrogens with zero attached hydrogens (tertiary/aromatic N) is 2. The van der Waals surface area contributed by atoms with Gasteiger partial charge in [-0.2, -0.15) is 0 Å². The molecule has 0 fully saturated rings. The summed E-state index contributed by atoms with van der Waals surface area (Å²) in [5, 5.41) is 3.49. The van der Waals surface area contributed by atoms with Crippen LogP contribution in [0.5, 0.6) is 0 Å². The first-order valence-electron chi connectivity index (χ1n) is 5.74. The van der Waals surface area contributed by atoms with E-state index >= 15 is 0 Å². The van der Waals surface area contributed by atoms with Gasteiger partial charge in [-0.05, 0) is 40.9 Å². The third kappa shape index (κ3) is 2.75. The van der Waals surface area contributed by atoms with Gasteiger partial charge in [-0.25, -0.2) is 0 Å².